The zero-order chi connectivity index (χ0) is 10.3. The van der Waals surface area contributed by atoms with Crippen molar-refractivity contribution in [3.63, 3.8) is 0 Å². The van der Waals surface area contributed by atoms with Crippen LogP contribution < -0.4 is 10.6 Å². The Bertz CT molecular complexity index is 401. The van der Waals surface area contributed by atoms with Gasteiger partial charge in [-0.2, -0.15) is 0 Å². The maximum Gasteiger partial charge on any atom is 0.249 e. The van der Waals surface area contributed by atoms with E-state index in [9.17, 15) is 4.79 Å². The molecule has 3 nitrogen and oxygen atoms in total. The molecular weight excluding hydrogens is 244 g/mol. The molecule has 1 aromatic carbocycles. The van der Waals surface area contributed by atoms with E-state index in [0.29, 0.717) is 0 Å². The average Bonchev–Trinajstić information content (AvgIpc) is 2.08. The Morgan fingerprint density at radius 1 is 1.36 bits per heavy atom. The van der Waals surface area contributed by atoms with E-state index < -0.39 is 5.54 Å². The molecule has 0 saturated heterocycles. The number of hydrogen-bond donors (Lipinski definition) is 2. The zero-order valence-electron chi connectivity index (χ0n) is 8.02. The maximum absolute atomic E-state index is 11.6. The minimum atomic E-state index is -0.548. The largest absolute Gasteiger partial charge is 0.370 e. The SMILES string of the molecule is CC1(C)Nc2cccc(Br)c2NC1=O. The molecule has 0 bridgehead atoms. The van der Waals surface area contributed by atoms with Crippen molar-refractivity contribution in [1.29, 1.82) is 0 Å². The molecule has 1 heterocycles. The van der Waals surface area contributed by atoms with Crippen molar-refractivity contribution in [2.24, 2.45) is 0 Å². The Balaban J connectivity index is 2.51. The molecule has 0 aliphatic carbocycles. The normalized spacial score (nSPS) is 18.1. The average molecular weight is 255 g/mol. The molecule has 0 fully saturated rings. The van der Waals surface area contributed by atoms with Crippen molar-refractivity contribution in [3.8, 4) is 0 Å². The molecule has 2 N–H and O–H groups in total. The van der Waals surface area contributed by atoms with Gasteiger partial charge in [-0.3, -0.25) is 4.79 Å². The fraction of sp³-hybridized carbons (Fsp3) is 0.300. The van der Waals surface area contributed by atoms with Gasteiger partial charge in [-0.25, -0.2) is 0 Å². The predicted octanol–water partition coefficient (Wildman–Crippen LogP) is 2.59. The summed E-state index contributed by atoms with van der Waals surface area (Å²) in [6.45, 7) is 3.71. The molecule has 4 heteroatoms. The van der Waals surface area contributed by atoms with Crippen LogP contribution in [0.1, 0.15) is 13.8 Å². The van der Waals surface area contributed by atoms with Crippen LogP contribution in [0, 0.1) is 0 Å². The molecule has 0 unspecified atom stereocenters. The highest BCUT2D eigenvalue weighted by Crippen LogP contribution is 2.36. The summed E-state index contributed by atoms with van der Waals surface area (Å²) in [5, 5.41) is 6.05. The zero-order valence-corrected chi connectivity index (χ0v) is 9.60. The summed E-state index contributed by atoms with van der Waals surface area (Å²) < 4.78 is 0.895. The summed E-state index contributed by atoms with van der Waals surface area (Å²) in [6.07, 6.45) is 0. The molecule has 1 aliphatic rings. The van der Waals surface area contributed by atoms with E-state index in [4.69, 9.17) is 0 Å². The number of para-hydroxylation sites is 1. The third-order valence-corrected chi connectivity index (χ3v) is 2.93. The lowest BCUT2D eigenvalue weighted by Gasteiger charge is -2.33. The van der Waals surface area contributed by atoms with E-state index >= 15 is 0 Å². The molecule has 0 saturated carbocycles. The van der Waals surface area contributed by atoms with Crippen molar-refractivity contribution < 1.29 is 4.79 Å². The summed E-state index contributed by atoms with van der Waals surface area (Å²) in [5.41, 5.74) is 1.22. The second-order valence-electron chi connectivity index (χ2n) is 3.87. The number of nitrogens with one attached hydrogen (secondary N) is 2. The van der Waals surface area contributed by atoms with Gasteiger partial charge in [0.15, 0.2) is 0 Å². The topological polar surface area (TPSA) is 41.1 Å². The number of carbonyl (C=O) groups is 1. The minimum absolute atomic E-state index is 0.0168. The summed E-state index contributed by atoms with van der Waals surface area (Å²) in [6, 6.07) is 5.78. The third kappa shape index (κ3) is 1.39. The number of halogens is 1. The van der Waals surface area contributed by atoms with Crippen LogP contribution in [0.25, 0.3) is 0 Å². The highest BCUT2D eigenvalue weighted by Gasteiger charge is 2.33. The van der Waals surface area contributed by atoms with Crippen LogP contribution in [-0.2, 0) is 4.79 Å². The van der Waals surface area contributed by atoms with Gasteiger partial charge in [0.2, 0.25) is 5.91 Å². The van der Waals surface area contributed by atoms with E-state index in [2.05, 4.69) is 26.6 Å². The summed E-state index contributed by atoms with van der Waals surface area (Å²) in [4.78, 5) is 11.6. The van der Waals surface area contributed by atoms with Gasteiger partial charge in [0.1, 0.15) is 5.54 Å². The molecule has 0 atom stereocenters. The van der Waals surface area contributed by atoms with Crippen LogP contribution in [-0.4, -0.2) is 11.4 Å². The van der Waals surface area contributed by atoms with Crippen LogP contribution in [0.5, 0.6) is 0 Å². The van der Waals surface area contributed by atoms with Gasteiger partial charge in [-0.15, -0.1) is 0 Å². The van der Waals surface area contributed by atoms with Crippen LogP contribution in [0.4, 0.5) is 11.4 Å². The Hall–Kier alpha value is -1.03. The van der Waals surface area contributed by atoms with Crippen molar-refractivity contribution >= 4 is 33.2 Å². The Morgan fingerprint density at radius 3 is 2.79 bits per heavy atom. The Morgan fingerprint density at radius 2 is 2.07 bits per heavy atom. The van der Waals surface area contributed by atoms with E-state index in [1.54, 1.807) is 0 Å². The molecule has 0 radical (unpaired) electrons. The predicted molar refractivity (Wildman–Crippen MR) is 60.5 cm³/mol. The van der Waals surface area contributed by atoms with Gasteiger partial charge < -0.3 is 10.6 Å². The molecule has 1 amide bonds. The first-order valence-electron chi connectivity index (χ1n) is 4.39. The number of amides is 1. The number of fused-ring (bicyclic) bond motifs is 1. The molecule has 0 aromatic heterocycles. The van der Waals surface area contributed by atoms with Crippen molar-refractivity contribution in [2.45, 2.75) is 19.4 Å². The van der Waals surface area contributed by atoms with Crippen LogP contribution in [0.3, 0.4) is 0 Å². The quantitative estimate of drug-likeness (QED) is 0.748. The van der Waals surface area contributed by atoms with Gasteiger partial charge in [0.25, 0.3) is 0 Å². The van der Waals surface area contributed by atoms with Crippen molar-refractivity contribution in [3.05, 3.63) is 22.7 Å². The molecule has 2 rings (SSSR count). The van der Waals surface area contributed by atoms with Gasteiger partial charge in [0, 0.05) is 4.47 Å². The van der Waals surface area contributed by atoms with Crippen LogP contribution in [0.2, 0.25) is 0 Å². The first kappa shape index (κ1) is 9.52. The number of anilines is 2. The van der Waals surface area contributed by atoms with Crippen LogP contribution in [0.15, 0.2) is 22.7 Å². The first-order chi connectivity index (χ1) is 6.50. The van der Waals surface area contributed by atoms with Gasteiger partial charge in [-0.05, 0) is 41.9 Å². The lowest BCUT2D eigenvalue weighted by atomic mass is 10.0. The minimum Gasteiger partial charge on any atom is -0.370 e. The molecule has 1 aliphatic heterocycles. The maximum atomic E-state index is 11.6. The highest BCUT2D eigenvalue weighted by atomic mass is 79.9. The Labute approximate surface area is 91.0 Å². The Kier molecular flexibility index (Phi) is 2.03. The number of benzene rings is 1. The summed E-state index contributed by atoms with van der Waals surface area (Å²) >= 11 is 3.39. The second-order valence-corrected chi connectivity index (χ2v) is 4.72. The lowest BCUT2D eigenvalue weighted by Crippen LogP contribution is -2.47. The van der Waals surface area contributed by atoms with E-state index in [1.165, 1.54) is 0 Å². The van der Waals surface area contributed by atoms with Gasteiger partial charge >= 0.3 is 0 Å². The molecule has 0 spiro atoms. The van der Waals surface area contributed by atoms with E-state index in [-0.39, 0.29) is 5.91 Å². The summed E-state index contributed by atoms with van der Waals surface area (Å²) in [5.74, 6) is -0.0168. The fourth-order valence-electron chi connectivity index (χ4n) is 1.42. The second kappa shape index (κ2) is 2.98. The van der Waals surface area contributed by atoms with E-state index in [0.717, 1.165) is 15.8 Å². The fourth-order valence-corrected chi connectivity index (χ4v) is 1.88. The third-order valence-electron chi connectivity index (χ3n) is 2.27. The molecule has 74 valence electrons. The summed E-state index contributed by atoms with van der Waals surface area (Å²) in [7, 11) is 0. The number of rotatable bonds is 0. The lowest BCUT2D eigenvalue weighted by molar-refractivity contribution is -0.119. The smallest absolute Gasteiger partial charge is 0.249 e. The van der Waals surface area contributed by atoms with Gasteiger partial charge in [0.05, 0.1) is 11.4 Å². The standard InChI is InChI=1S/C10H11BrN2O/c1-10(2)9(14)12-8-6(11)4-3-5-7(8)13-10/h3-5,13H,1-2H3,(H,12,14). The molecule has 1 aromatic rings. The van der Waals surface area contributed by atoms with Gasteiger partial charge in [-0.1, -0.05) is 6.07 Å². The number of carbonyl (C=O) groups excluding carboxylic acids is 1. The van der Waals surface area contributed by atoms with Crippen molar-refractivity contribution in [1.82, 2.24) is 0 Å². The van der Waals surface area contributed by atoms with Crippen LogP contribution >= 0.6 is 15.9 Å². The monoisotopic (exact) mass is 254 g/mol. The molecular formula is C10H11BrN2O. The molecule has 14 heavy (non-hydrogen) atoms. The van der Waals surface area contributed by atoms with Crippen molar-refractivity contribution in [2.75, 3.05) is 10.6 Å². The highest BCUT2D eigenvalue weighted by molar-refractivity contribution is 9.10. The van der Waals surface area contributed by atoms with E-state index in [1.807, 2.05) is 32.0 Å². The first-order valence-corrected chi connectivity index (χ1v) is 5.18. The number of hydrogen-bond acceptors (Lipinski definition) is 2.